The molecule has 0 heterocycles. The number of hydrogen-bond donors (Lipinski definition) is 1. The number of anilines is 1. The van der Waals surface area contributed by atoms with Gasteiger partial charge < -0.3 is 5.73 Å². The maximum Gasteiger partial charge on any atom is 0.0346 e. The van der Waals surface area contributed by atoms with Gasteiger partial charge in [-0.05, 0) is 29.9 Å². The average molecular weight is 191 g/mol. The van der Waals surface area contributed by atoms with Gasteiger partial charge in [0.25, 0.3) is 0 Å². The first-order valence-electron chi connectivity index (χ1n) is 5.38. The van der Waals surface area contributed by atoms with E-state index in [1.165, 1.54) is 18.4 Å². The fourth-order valence-corrected chi connectivity index (χ4v) is 1.98. The molecule has 14 heavy (non-hydrogen) atoms. The van der Waals surface area contributed by atoms with E-state index in [2.05, 4.69) is 32.9 Å². The van der Waals surface area contributed by atoms with E-state index in [9.17, 15) is 0 Å². The van der Waals surface area contributed by atoms with Crippen LogP contribution in [0.1, 0.15) is 39.2 Å². The van der Waals surface area contributed by atoms with Crippen LogP contribution in [0.15, 0.2) is 24.3 Å². The number of nitrogens with two attached hydrogens (primary N) is 1. The highest BCUT2D eigenvalue weighted by Gasteiger charge is 2.17. The lowest BCUT2D eigenvalue weighted by Crippen LogP contribution is -2.15. The molecule has 0 saturated heterocycles. The van der Waals surface area contributed by atoms with Gasteiger partial charge in [0, 0.05) is 5.69 Å². The molecule has 0 aliphatic rings. The van der Waals surface area contributed by atoms with E-state index in [-0.39, 0.29) is 0 Å². The van der Waals surface area contributed by atoms with E-state index >= 15 is 0 Å². The summed E-state index contributed by atoms with van der Waals surface area (Å²) in [6.45, 7) is 6.85. The quantitative estimate of drug-likeness (QED) is 0.722. The highest BCUT2D eigenvalue weighted by molar-refractivity contribution is 5.46. The summed E-state index contributed by atoms with van der Waals surface area (Å²) in [4.78, 5) is 0. The predicted molar refractivity (Wildman–Crippen MR) is 63.2 cm³/mol. The second-order valence-electron chi connectivity index (χ2n) is 4.79. The topological polar surface area (TPSA) is 26.0 Å². The highest BCUT2D eigenvalue weighted by atomic mass is 14.6. The molecule has 0 fully saturated rings. The third-order valence-electron chi connectivity index (χ3n) is 2.65. The summed E-state index contributed by atoms with van der Waals surface area (Å²) in [5.74, 6) is 0. The molecule has 78 valence electrons. The molecule has 2 N–H and O–H groups in total. The minimum atomic E-state index is 0.365. The van der Waals surface area contributed by atoms with E-state index in [1.54, 1.807) is 0 Å². The van der Waals surface area contributed by atoms with Crippen molar-refractivity contribution in [2.24, 2.45) is 5.41 Å². The molecule has 0 bridgehead atoms. The van der Waals surface area contributed by atoms with Crippen LogP contribution < -0.4 is 5.73 Å². The van der Waals surface area contributed by atoms with Gasteiger partial charge in [0.15, 0.2) is 0 Å². The molecule has 0 aliphatic heterocycles. The van der Waals surface area contributed by atoms with Crippen LogP contribution in [0.3, 0.4) is 0 Å². The molecule has 0 atom stereocenters. The Morgan fingerprint density at radius 3 is 2.43 bits per heavy atom. The fourth-order valence-electron chi connectivity index (χ4n) is 1.98. The molecular weight excluding hydrogens is 170 g/mol. The summed E-state index contributed by atoms with van der Waals surface area (Å²) < 4.78 is 0. The summed E-state index contributed by atoms with van der Waals surface area (Å²) >= 11 is 0. The predicted octanol–water partition coefficient (Wildman–Crippen LogP) is 3.64. The standard InChI is InChI=1S/C13H21N/c1-4-9-13(2,3)10-11-7-5-6-8-12(11)14/h5-8H,4,9-10,14H2,1-3H3. The Morgan fingerprint density at radius 1 is 1.21 bits per heavy atom. The zero-order chi connectivity index (χ0) is 10.6. The number of rotatable bonds is 4. The lowest BCUT2D eigenvalue weighted by molar-refractivity contribution is 0.329. The van der Waals surface area contributed by atoms with Crippen molar-refractivity contribution in [1.29, 1.82) is 0 Å². The van der Waals surface area contributed by atoms with Crippen LogP contribution in [0.2, 0.25) is 0 Å². The molecule has 0 amide bonds. The number of para-hydroxylation sites is 1. The molecule has 1 heteroatoms. The van der Waals surface area contributed by atoms with Crippen molar-refractivity contribution < 1.29 is 0 Å². The molecule has 0 aliphatic carbocycles. The van der Waals surface area contributed by atoms with Crippen LogP contribution in [0.5, 0.6) is 0 Å². The third kappa shape index (κ3) is 3.06. The van der Waals surface area contributed by atoms with Crippen LogP contribution in [0.25, 0.3) is 0 Å². The van der Waals surface area contributed by atoms with E-state index in [0.29, 0.717) is 5.41 Å². The second kappa shape index (κ2) is 4.50. The second-order valence-corrected chi connectivity index (χ2v) is 4.79. The zero-order valence-corrected chi connectivity index (χ0v) is 9.51. The molecule has 1 aromatic rings. The number of nitrogen functional groups attached to an aromatic ring is 1. The van der Waals surface area contributed by atoms with Gasteiger partial charge in [0.1, 0.15) is 0 Å². The van der Waals surface area contributed by atoms with Gasteiger partial charge in [0.2, 0.25) is 0 Å². The molecule has 0 saturated carbocycles. The monoisotopic (exact) mass is 191 g/mol. The van der Waals surface area contributed by atoms with Crippen molar-refractivity contribution in [3.05, 3.63) is 29.8 Å². The minimum Gasteiger partial charge on any atom is -0.399 e. The van der Waals surface area contributed by atoms with E-state index in [1.807, 2.05) is 12.1 Å². The summed E-state index contributed by atoms with van der Waals surface area (Å²) in [7, 11) is 0. The SMILES string of the molecule is CCCC(C)(C)Cc1ccccc1N. The first kappa shape index (κ1) is 11.1. The van der Waals surface area contributed by atoms with Crippen molar-refractivity contribution in [3.63, 3.8) is 0 Å². The third-order valence-corrected chi connectivity index (χ3v) is 2.65. The Hall–Kier alpha value is -0.980. The van der Waals surface area contributed by atoms with Gasteiger partial charge in [-0.1, -0.05) is 45.4 Å². The smallest absolute Gasteiger partial charge is 0.0346 e. The van der Waals surface area contributed by atoms with Crippen LogP contribution >= 0.6 is 0 Å². The van der Waals surface area contributed by atoms with Crippen molar-refractivity contribution in [2.75, 3.05) is 5.73 Å². The minimum absolute atomic E-state index is 0.365. The number of hydrogen-bond acceptors (Lipinski definition) is 1. The van der Waals surface area contributed by atoms with Gasteiger partial charge in [-0.15, -0.1) is 0 Å². The van der Waals surface area contributed by atoms with Crippen molar-refractivity contribution >= 4 is 5.69 Å². The lowest BCUT2D eigenvalue weighted by Gasteiger charge is -2.24. The van der Waals surface area contributed by atoms with Gasteiger partial charge in [-0.25, -0.2) is 0 Å². The molecule has 0 radical (unpaired) electrons. The van der Waals surface area contributed by atoms with Crippen molar-refractivity contribution in [1.82, 2.24) is 0 Å². The zero-order valence-electron chi connectivity index (χ0n) is 9.51. The van der Waals surface area contributed by atoms with Gasteiger partial charge in [0.05, 0.1) is 0 Å². The molecular formula is C13H21N. The molecule has 0 unspecified atom stereocenters. The summed E-state index contributed by atoms with van der Waals surface area (Å²) in [5, 5.41) is 0. The van der Waals surface area contributed by atoms with Crippen molar-refractivity contribution in [2.45, 2.75) is 40.0 Å². The Balaban J connectivity index is 2.73. The van der Waals surface area contributed by atoms with Crippen molar-refractivity contribution in [3.8, 4) is 0 Å². The van der Waals surface area contributed by atoms with Gasteiger partial charge >= 0.3 is 0 Å². The summed E-state index contributed by atoms with van der Waals surface area (Å²) in [6, 6.07) is 8.17. The summed E-state index contributed by atoms with van der Waals surface area (Å²) in [5.41, 5.74) is 8.50. The highest BCUT2D eigenvalue weighted by Crippen LogP contribution is 2.29. The summed E-state index contributed by atoms with van der Waals surface area (Å²) in [6.07, 6.45) is 3.56. The Morgan fingerprint density at radius 2 is 1.86 bits per heavy atom. The molecule has 1 aromatic carbocycles. The average Bonchev–Trinajstić information content (AvgIpc) is 2.08. The fraction of sp³-hybridized carbons (Fsp3) is 0.538. The Labute approximate surface area is 87.3 Å². The van der Waals surface area contributed by atoms with Crippen LogP contribution in [-0.2, 0) is 6.42 Å². The molecule has 1 nitrogen and oxygen atoms in total. The maximum absolute atomic E-state index is 5.92. The normalized spacial score (nSPS) is 11.6. The van der Waals surface area contributed by atoms with E-state index < -0.39 is 0 Å². The van der Waals surface area contributed by atoms with E-state index in [0.717, 1.165) is 12.1 Å². The van der Waals surface area contributed by atoms with Gasteiger partial charge in [-0.2, -0.15) is 0 Å². The maximum atomic E-state index is 5.92. The molecule has 0 aromatic heterocycles. The Kier molecular flexibility index (Phi) is 3.56. The Bertz CT molecular complexity index is 289. The lowest BCUT2D eigenvalue weighted by atomic mass is 9.81. The largest absolute Gasteiger partial charge is 0.399 e. The van der Waals surface area contributed by atoms with Crippen LogP contribution in [0.4, 0.5) is 5.69 Å². The van der Waals surface area contributed by atoms with E-state index in [4.69, 9.17) is 5.73 Å². The van der Waals surface area contributed by atoms with Gasteiger partial charge in [-0.3, -0.25) is 0 Å². The first-order chi connectivity index (χ1) is 6.55. The first-order valence-corrected chi connectivity index (χ1v) is 5.38. The van der Waals surface area contributed by atoms with Crippen LogP contribution in [-0.4, -0.2) is 0 Å². The molecule has 1 rings (SSSR count). The number of benzene rings is 1. The van der Waals surface area contributed by atoms with Crippen LogP contribution in [0, 0.1) is 5.41 Å². The molecule has 0 spiro atoms.